The van der Waals surface area contributed by atoms with E-state index in [1.807, 2.05) is 13.8 Å². The first-order valence-corrected chi connectivity index (χ1v) is 4.65. The van der Waals surface area contributed by atoms with Crippen LogP contribution in [0.25, 0.3) is 0 Å². The van der Waals surface area contributed by atoms with Crippen LogP contribution in [0.1, 0.15) is 47.9 Å². The molecule has 0 aliphatic rings. The van der Waals surface area contributed by atoms with E-state index >= 15 is 0 Å². The maximum absolute atomic E-state index is 11.0. The second-order valence-electron chi connectivity index (χ2n) is 3.31. The van der Waals surface area contributed by atoms with Crippen LogP contribution in [0.4, 0.5) is 0 Å². The molecule has 4 heteroatoms. The number of rotatable bonds is 4. The lowest BCUT2D eigenvalue weighted by Crippen LogP contribution is -2.07. The number of hydrogen-bond acceptors (Lipinski definition) is 3. The highest BCUT2D eigenvalue weighted by Gasteiger charge is 2.21. The molecule has 0 saturated heterocycles. The second-order valence-corrected chi connectivity index (χ2v) is 3.31. The topological polar surface area (TPSA) is 76.5 Å². The van der Waals surface area contributed by atoms with Crippen LogP contribution in [0.3, 0.4) is 0 Å². The number of carbonyl (C=O) groups is 1. The van der Waals surface area contributed by atoms with Crippen molar-refractivity contribution in [2.24, 2.45) is 5.73 Å². The highest BCUT2D eigenvalue weighted by Crippen LogP contribution is 2.26. The van der Waals surface area contributed by atoms with Crippen LogP contribution in [-0.2, 0) is 6.54 Å². The molecule has 1 aromatic rings. The van der Waals surface area contributed by atoms with Crippen LogP contribution in [0.5, 0.6) is 0 Å². The summed E-state index contributed by atoms with van der Waals surface area (Å²) in [7, 11) is 0. The molecule has 1 rings (SSSR count). The molecule has 0 bridgehead atoms. The van der Waals surface area contributed by atoms with Gasteiger partial charge in [-0.25, -0.2) is 4.79 Å². The van der Waals surface area contributed by atoms with Gasteiger partial charge in [-0.05, 0) is 12.3 Å². The van der Waals surface area contributed by atoms with E-state index < -0.39 is 5.97 Å². The van der Waals surface area contributed by atoms with E-state index in [2.05, 4.69) is 0 Å². The van der Waals surface area contributed by atoms with E-state index in [0.717, 1.165) is 12.0 Å². The SMILES string of the molecule is CCC(C)c1coc(CN)c1C(=O)O. The van der Waals surface area contributed by atoms with Crippen molar-refractivity contribution < 1.29 is 14.3 Å². The Labute approximate surface area is 82.7 Å². The molecule has 0 aromatic carbocycles. The molecular weight excluding hydrogens is 182 g/mol. The summed E-state index contributed by atoms with van der Waals surface area (Å²) in [4.78, 5) is 11.0. The molecule has 3 N–H and O–H groups in total. The molecule has 0 fully saturated rings. The predicted molar refractivity (Wildman–Crippen MR) is 52.3 cm³/mol. The molecule has 0 aliphatic carbocycles. The van der Waals surface area contributed by atoms with Crippen LogP contribution >= 0.6 is 0 Å². The van der Waals surface area contributed by atoms with Crippen molar-refractivity contribution in [3.63, 3.8) is 0 Å². The first kappa shape index (κ1) is 10.8. The number of carboxylic acid groups (broad SMARTS) is 1. The summed E-state index contributed by atoms with van der Waals surface area (Å²) in [6, 6.07) is 0. The molecule has 0 saturated carbocycles. The Balaban J connectivity index is 3.17. The summed E-state index contributed by atoms with van der Waals surface area (Å²) >= 11 is 0. The van der Waals surface area contributed by atoms with Gasteiger partial charge in [0, 0.05) is 5.56 Å². The van der Waals surface area contributed by atoms with Gasteiger partial charge in [-0.2, -0.15) is 0 Å². The van der Waals surface area contributed by atoms with Crippen molar-refractivity contribution >= 4 is 5.97 Å². The second kappa shape index (κ2) is 4.28. The van der Waals surface area contributed by atoms with Crippen molar-refractivity contribution in [2.75, 3.05) is 0 Å². The molecule has 1 aromatic heterocycles. The van der Waals surface area contributed by atoms with Gasteiger partial charge in [0.2, 0.25) is 0 Å². The van der Waals surface area contributed by atoms with E-state index in [1.165, 1.54) is 6.26 Å². The van der Waals surface area contributed by atoms with Crippen LogP contribution in [0.15, 0.2) is 10.7 Å². The van der Waals surface area contributed by atoms with Gasteiger partial charge in [-0.15, -0.1) is 0 Å². The zero-order valence-corrected chi connectivity index (χ0v) is 8.41. The summed E-state index contributed by atoms with van der Waals surface area (Å²) in [6.45, 7) is 4.10. The van der Waals surface area contributed by atoms with Crippen LogP contribution in [0.2, 0.25) is 0 Å². The van der Waals surface area contributed by atoms with Gasteiger partial charge in [-0.1, -0.05) is 13.8 Å². The molecule has 78 valence electrons. The Morgan fingerprint density at radius 2 is 2.36 bits per heavy atom. The molecule has 0 aliphatic heterocycles. The largest absolute Gasteiger partial charge is 0.478 e. The summed E-state index contributed by atoms with van der Waals surface area (Å²) in [6.07, 6.45) is 2.38. The third-order valence-corrected chi connectivity index (χ3v) is 2.44. The maximum Gasteiger partial charge on any atom is 0.339 e. The Bertz CT molecular complexity index is 330. The highest BCUT2D eigenvalue weighted by atomic mass is 16.4. The predicted octanol–water partition coefficient (Wildman–Crippen LogP) is 1.95. The fraction of sp³-hybridized carbons (Fsp3) is 0.500. The lowest BCUT2D eigenvalue weighted by Gasteiger charge is -2.06. The molecule has 14 heavy (non-hydrogen) atoms. The number of carboxylic acids is 1. The Morgan fingerprint density at radius 3 is 2.79 bits per heavy atom. The quantitative estimate of drug-likeness (QED) is 0.773. The summed E-state index contributed by atoms with van der Waals surface area (Å²) in [5.74, 6) is -0.424. The lowest BCUT2D eigenvalue weighted by atomic mass is 9.96. The van der Waals surface area contributed by atoms with E-state index in [0.29, 0.717) is 5.76 Å². The minimum atomic E-state index is -0.963. The van der Waals surface area contributed by atoms with Crippen molar-refractivity contribution in [3.8, 4) is 0 Å². The lowest BCUT2D eigenvalue weighted by molar-refractivity contribution is 0.0693. The highest BCUT2D eigenvalue weighted by molar-refractivity contribution is 5.90. The standard InChI is InChI=1S/C10H15NO3/c1-3-6(2)7-5-14-8(4-11)9(7)10(12)13/h5-6H,3-4,11H2,1-2H3,(H,12,13). The number of nitrogens with two attached hydrogens (primary N) is 1. The molecule has 1 atom stereocenters. The van der Waals surface area contributed by atoms with Crippen LogP contribution in [-0.4, -0.2) is 11.1 Å². The van der Waals surface area contributed by atoms with E-state index in [-0.39, 0.29) is 18.0 Å². The van der Waals surface area contributed by atoms with Gasteiger partial charge >= 0.3 is 5.97 Å². The van der Waals surface area contributed by atoms with Crippen molar-refractivity contribution in [1.82, 2.24) is 0 Å². The van der Waals surface area contributed by atoms with E-state index in [1.54, 1.807) is 0 Å². The van der Waals surface area contributed by atoms with Crippen molar-refractivity contribution in [2.45, 2.75) is 32.7 Å². The third kappa shape index (κ3) is 1.80. The summed E-state index contributed by atoms with van der Waals surface area (Å²) in [5, 5.41) is 9.00. The Kier molecular flexibility index (Phi) is 3.30. The minimum Gasteiger partial charge on any atom is -0.478 e. The monoisotopic (exact) mass is 197 g/mol. The molecule has 1 heterocycles. The normalized spacial score (nSPS) is 12.8. The van der Waals surface area contributed by atoms with Gasteiger partial charge in [0.15, 0.2) is 0 Å². The molecule has 1 unspecified atom stereocenters. The zero-order valence-electron chi connectivity index (χ0n) is 8.41. The van der Waals surface area contributed by atoms with Gasteiger partial charge in [0.25, 0.3) is 0 Å². The smallest absolute Gasteiger partial charge is 0.339 e. The van der Waals surface area contributed by atoms with Crippen LogP contribution < -0.4 is 5.73 Å². The number of aromatic carboxylic acids is 1. The first-order chi connectivity index (χ1) is 6.61. The number of furan rings is 1. The maximum atomic E-state index is 11.0. The molecule has 4 nitrogen and oxygen atoms in total. The summed E-state index contributed by atoms with van der Waals surface area (Å²) < 4.78 is 5.12. The van der Waals surface area contributed by atoms with Crippen molar-refractivity contribution in [3.05, 3.63) is 23.2 Å². The zero-order chi connectivity index (χ0) is 10.7. The van der Waals surface area contributed by atoms with Crippen LogP contribution in [0, 0.1) is 0 Å². The Hall–Kier alpha value is -1.29. The molecule has 0 amide bonds. The molecule has 0 spiro atoms. The average Bonchev–Trinajstić information content (AvgIpc) is 2.59. The van der Waals surface area contributed by atoms with E-state index in [9.17, 15) is 4.79 Å². The van der Waals surface area contributed by atoms with Gasteiger partial charge in [0.1, 0.15) is 11.3 Å². The fourth-order valence-corrected chi connectivity index (χ4v) is 1.39. The van der Waals surface area contributed by atoms with E-state index in [4.69, 9.17) is 15.3 Å². The van der Waals surface area contributed by atoms with Gasteiger partial charge < -0.3 is 15.3 Å². The van der Waals surface area contributed by atoms with Crippen molar-refractivity contribution in [1.29, 1.82) is 0 Å². The molecule has 0 radical (unpaired) electrons. The minimum absolute atomic E-state index is 0.123. The Morgan fingerprint density at radius 1 is 1.71 bits per heavy atom. The van der Waals surface area contributed by atoms with Gasteiger partial charge in [0.05, 0.1) is 12.8 Å². The third-order valence-electron chi connectivity index (χ3n) is 2.44. The number of hydrogen-bond donors (Lipinski definition) is 2. The fourth-order valence-electron chi connectivity index (χ4n) is 1.39. The molecular formula is C10H15NO3. The first-order valence-electron chi connectivity index (χ1n) is 4.65. The average molecular weight is 197 g/mol. The summed E-state index contributed by atoms with van der Waals surface area (Å²) in [5.41, 5.74) is 6.36. The van der Waals surface area contributed by atoms with Gasteiger partial charge in [-0.3, -0.25) is 0 Å².